The number of halogens is 3. The van der Waals surface area contributed by atoms with Crippen LogP contribution in [0.1, 0.15) is 20.3 Å². The molecular weight excluding hydrogens is 327 g/mol. The number of ether oxygens (including phenoxy) is 1. The molecule has 3 unspecified atom stereocenters. The smallest absolute Gasteiger partial charge is 0.373 e. The zero-order chi connectivity index (χ0) is 17.9. The Labute approximate surface area is 139 Å². The number of alkyl halides is 3. The number of nitrogens with zero attached hydrogens (tertiary/aromatic N) is 2. The topological polar surface area (TPSA) is 61.9 Å². The fourth-order valence-electron chi connectivity index (χ4n) is 3.27. The molecular formula is C15H24F3N3O3. The molecule has 2 aliphatic rings. The van der Waals surface area contributed by atoms with E-state index < -0.39 is 24.5 Å². The number of hydrogen-bond donors (Lipinski definition) is 1. The first-order chi connectivity index (χ1) is 11.1. The minimum atomic E-state index is -4.44. The molecule has 2 amide bonds. The van der Waals surface area contributed by atoms with E-state index in [-0.39, 0.29) is 31.1 Å². The van der Waals surface area contributed by atoms with Crippen molar-refractivity contribution in [3.05, 3.63) is 0 Å². The maximum absolute atomic E-state index is 12.4. The third kappa shape index (κ3) is 5.62. The molecule has 2 aliphatic heterocycles. The summed E-state index contributed by atoms with van der Waals surface area (Å²) in [4.78, 5) is 26.5. The van der Waals surface area contributed by atoms with Gasteiger partial charge in [0.05, 0.1) is 18.1 Å². The highest BCUT2D eigenvalue weighted by Gasteiger charge is 2.40. The van der Waals surface area contributed by atoms with E-state index in [0.717, 1.165) is 13.1 Å². The molecule has 138 valence electrons. The van der Waals surface area contributed by atoms with Gasteiger partial charge in [-0.2, -0.15) is 13.2 Å². The average molecular weight is 351 g/mol. The lowest BCUT2D eigenvalue weighted by Gasteiger charge is -2.35. The van der Waals surface area contributed by atoms with Crippen LogP contribution in [0.4, 0.5) is 13.2 Å². The monoisotopic (exact) mass is 351 g/mol. The SMILES string of the molecule is CC1CN(CCNC(=O)C2CC(=O)N(CC(F)(F)F)C2)CC(C)O1. The minimum absolute atomic E-state index is 0.132. The molecule has 0 aromatic heterocycles. The summed E-state index contributed by atoms with van der Waals surface area (Å²) in [5, 5.41) is 2.72. The highest BCUT2D eigenvalue weighted by Crippen LogP contribution is 2.23. The van der Waals surface area contributed by atoms with Crippen LogP contribution in [0.3, 0.4) is 0 Å². The van der Waals surface area contributed by atoms with Gasteiger partial charge in [0.2, 0.25) is 11.8 Å². The second-order valence-corrected chi connectivity index (χ2v) is 6.60. The second kappa shape index (κ2) is 7.69. The predicted octanol–water partition coefficient (Wildman–Crippen LogP) is 0.623. The Morgan fingerprint density at radius 2 is 1.88 bits per heavy atom. The van der Waals surface area contributed by atoms with Gasteiger partial charge in [-0.05, 0) is 13.8 Å². The van der Waals surface area contributed by atoms with Crippen LogP contribution in [0.5, 0.6) is 0 Å². The van der Waals surface area contributed by atoms with E-state index in [1.807, 2.05) is 13.8 Å². The Bertz CT molecular complexity index is 463. The summed E-state index contributed by atoms with van der Waals surface area (Å²) in [5.74, 6) is -1.69. The van der Waals surface area contributed by atoms with Gasteiger partial charge in [-0.25, -0.2) is 0 Å². The van der Waals surface area contributed by atoms with Crippen LogP contribution < -0.4 is 5.32 Å². The highest BCUT2D eigenvalue weighted by molar-refractivity contribution is 5.89. The summed E-state index contributed by atoms with van der Waals surface area (Å²) in [6, 6.07) is 0. The van der Waals surface area contributed by atoms with Gasteiger partial charge in [-0.3, -0.25) is 14.5 Å². The molecule has 2 heterocycles. The summed E-state index contributed by atoms with van der Waals surface area (Å²) in [7, 11) is 0. The molecule has 9 heteroatoms. The number of carbonyl (C=O) groups is 2. The zero-order valence-corrected chi connectivity index (χ0v) is 13.9. The normalized spacial score (nSPS) is 29.1. The van der Waals surface area contributed by atoms with Crippen molar-refractivity contribution < 1.29 is 27.5 Å². The Kier molecular flexibility index (Phi) is 6.08. The number of hydrogen-bond acceptors (Lipinski definition) is 4. The number of rotatable bonds is 5. The fourth-order valence-corrected chi connectivity index (χ4v) is 3.27. The van der Waals surface area contributed by atoms with Crippen LogP contribution in [0, 0.1) is 5.92 Å². The molecule has 0 radical (unpaired) electrons. The fraction of sp³-hybridized carbons (Fsp3) is 0.867. The summed E-state index contributed by atoms with van der Waals surface area (Å²) in [5.41, 5.74) is 0. The van der Waals surface area contributed by atoms with E-state index in [9.17, 15) is 22.8 Å². The summed E-state index contributed by atoms with van der Waals surface area (Å²) in [6.45, 7) is 5.12. The predicted molar refractivity (Wildman–Crippen MR) is 80.2 cm³/mol. The molecule has 6 nitrogen and oxygen atoms in total. The third-order valence-corrected chi connectivity index (χ3v) is 4.18. The van der Waals surface area contributed by atoms with Gasteiger partial charge in [-0.15, -0.1) is 0 Å². The van der Waals surface area contributed by atoms with Gasteiger partial charge in [0.25, 0.3) is 0 Å². The average Bonchev–Trinajstić information content (AvgIpc) is 2.77. The molecule has 0 aromatic rings. The first kappa shape index (κ1) is 19.0. The highest BCUT2D eigenvalue weighted by atomic mass is 19.4. The van der Waals surface area contributed by atoms with E-state index in [0.29, 0.717) is 18.0 Å². The van der Waals surface area contributed by atoms with Crippen LogP contribution in [0.2, 0.25) is 0 Å². The van der Waals surface area contributed by atoms with Crippen molar-refractivity contribution in [2.75, 3.05) is 39.3 Å². The number of carbonyl (C=O) groups excluding carboxylic acids is 2. The Hall–Kier alpha value is -1.35. The van der Waals surface area contributed by atoms with Crippen LogP contribution in [-0.4, -0.2) is 79.3 Å². The van der Waals surface area contributed by atoms with Gasteiger partial charge in [0, 0.05) is 39.1 Å². The van der Waals surface area contributed by atoms with E-state index in [1.54, 1.807) is 0 Å². The Morgan fingerprint density at radius 1 is 1.25 bits per heavy atom. The molecule has 2 fully saturated rings. The lowest BCUT2D eigenvalue weighted by atomic mass is 10.1. The summed E-state index contributed by atoms with van der Waals surface area (Å²) >= 11 is 0. The number of amides is 2. The second-order valence-electron chi connectivity index (χ2n) is 6.60. The largest absolute Gasteiger partial charge is 0.406 e. The Balaban J connectivity index is 1.72. The zero-order valence-electron chi connectivity index (χ0n) is 13.9. The molecule has 0 saturated carbocycles. The van der Waals surface area contributed by atoms with E-state index in [1.165, 1.54) is 0 Å². The van der Waals surface area contributed by atoms with Crippen LogP contribution >= 0.6 is 0 Å². The van der Waals surface area contributed by atoms with Gasteiger partial charge in [0.1, 0.15) is 6.54 Å². The van der Waals surface area contributed by atoms with Crippen molar-refractivity contribution in [3.8, 4) is 0 Å². The van der Waals surface area contributed by atoms with E-state index >= 15 is 0 Å². The lowest BCUT2D eigenvalue weighted by molar-refractivity contribution is -0.157. The third-order valence-electron chi connectivity index (χ3n) is 4.18. The molecule has 2 saturated heterocycles. The number of likely N-dealkylation sites (tertiary alicyclic amines) is 1. The maximum atomic E-state index is 12.4. The van der Waals surface area contributed by atoms with Gasteiger partial charge in [0.15, 0.2) is 0 Å². The minimum Gasteiger partial charge on any atom is -0.373 e. The quantitative estimate of drug-likeness (QED) is 0.789. The van der Waals surface area contributed by atoms with Gasteiger partial charge in [-0.1, -0.05) is 0 Å². The molecule has 24 heavy (non-hydrogen) atoms. The van der Waals surface area contributed by atoms with Crippen LogP contribution in [0.25, 0.3) is 0 Å². The number of morpholine rings is 1. The van der Waals surface area contributed by atoms with E-state index in [2.05, 4.69) is 10.2 Å². The maximum Gasteiger partial charge on any atom is 0.406 e. The van der Waals surface area contributed by atoms with Crippen LogP contribution in [0.15, 0.2) is 0 Å². The van der Waals surface area contributed by atoms with Crippen molar-refractivity contribution in [2.24, 2.45) is 5.92 Å². The molecule has 1 N–H and O–H groups in total. The lowest BCUT2D eigenvalue weighted by Crippen LogP contribution is -2.48. The first-order valence-corrected chi connectivity index (χ1v) is 8.14. The van der Waals surface area contributed by atoms with Gasteiger partial charge >= 0.3 is 6.18 Å². The number of nitrogens with one attached hydrogen (secondary N) is 1. The van der Waals surface area contributed by atoms with Gasteiger partial charge < -0.3 is 15.0 Å². The first-order valence-electron chi connectivity index (χ1n) is 8.14. The molecule has 2 rings (SSSR count). The molecule has 0 aromatic carbocycles. The van der Waals surface area contributed by atoms with Crippen molar-refractivity contribution in [1.29, 1.82) is 0 Å². The van der Waals surface area contributed by atoms with Crippen molar-refractivity contribution in [2.45, 2.75) is 38.7 Å². The summed E-state index contributed by atoms with van der Waals surface area (Å²) in [6.07, 6.45) is -4.33. The van der Waals surface area contributed by atoms with Crippen molar-refractivity contribution >= 4 is 11.8 Å². The van der Waals surface area contributed by atoms with Crippen molar-refractivity contribution in [3.63, 3.8) is 0 Å². The summed E-state index contributed by atoms with van der Waals surface area (Å²) < 4.78 is 42.7. The molecule has 3 atom stereocenters. The van der Waals surface area contributed by atoms with E-state index in [4.69, 9.17) is 4.74 Å². The standard InChI is InChI=1S/C15H24F3N3O3/c1-10-6-20(7-11(2)24-10)4-3-19-14(23)12-5-13(22)21(8-12)9-15(16,17)18/h10-12H,3-9H2,1-2H3,(H,19,23). The molecule has 0 bridgehead atoms. The molecule has 0 aliphatic carbocycles. The van der Waals surface area contributed by atoms with Crippen molar-refractivity contribution in [1.82, 2.24) is 15.1 Å². The van der Waals surface area contributed by atoms with Crippen LogP contribution in [-0.2, 0) is 14.3 Å². The molecule has 0 spiro atoms. The Morgan fingerprint density at radius 3 is 2.46 bits per heavy atom.